The van der Waals surface area contributed by atoms with Crippen LogP contribution in [0.2, 0.25) is 0 Å². The van der Waals surface area contributed by atoms with E-state index in [-0.39, 0.29) is 11.8 Å². The fraction of sp³-hybridized carbons (Fsp3) is 0.308. The summed E-state index contributed by atoms with van der Waals surface area (Å²) >= 11 is 0. The van der Waals surface area contributed by atoms with Crippen LogP contribution in [0, 0.1) is 0 Å². The summed E-state index contributed by atoms with van der Waals surface area (Å²) in [5, 5.41) is 1.13. The molecule has 0 radical (unpaired) electrons. The Morgan fingerprint density at radius 2 is 2.06 bits per heavy atom. The zero-order valence-electron chi connectivity index (χ0n) is 10.3. The maximum Gasteiger partial charge on any atom is 0.241 e. The van der Waals surface area contributed by atoms with Gasteiger partial charge in [0, 0.05) is 31.2 Å². The van der Waals surface area contributed by atoms with Gasteiger partial charge >= 0.3 is 0 Å². The Labute approximate surface area is 101 Å². The highest BCUT2D eigenvalue weighted by atomic mass is 16.2. The van der Waals surface area contributed by atoms with Gasteiger partial charge in [-0.15, -0.1) is 0 Å². The fourth-order valence-electron chi connectivity index (χ4n) is 2.09. The van der Waals surface area contributed by atoms with Gasteiger partial charge < -0.3 is 4.57 Å². The largest absolute Gasteiger partial charge is 0.350 e. The van der Waals surface area contributed by atoms with Gasteiger partial charge in [0.05, 0.1) is 5.92 Å². The van der Waals surface area contributed by atoms with Gasteiger partial charge in [-0.1, -0.05) is 18.2 Å². The molecule has 0 aliphatic rings. The third-order valence-electron chi connectivity index (χ3n) is 3.04. The fourth-order valence-corrected chi connectivity index (χ4v) is 2.09. The lowest BCUT2D eigenvalue weighted by atomic mass is 10.00. The van der Waals surface area contributed by atoms with Crippen LogP contribution in [0.15, 0.2) is 30.5 Å². The molecule has 1 amide bonds. The van der Waals surface area contributed by atoms with Gasteiger partial charge in [-0.3, -0.25) is 10.2 Å². The third-order valence-corrected chi connectivity index (χ3v) is 3.04. The first-order valence-corrected chi connectivity index (χ1v) is 5.65. The minimum Gasteiger partial charge on any atom is -0.350 e. The molecule has 1 unspecified atom stereocenters. The van der Waals surface area contributed by atoms with Crippen LogP contribution in [-0.2, 0) is 11.8 Å². The number of aromatic nitrogens is 1. The maximum absolute atomic E-state index is 11.8. The number of aryl methyl sites for hydroxylation is 1. The number of nitrogens with one attached hydrogen (secondary N) is 2. The SMILES string of the molecule is CNNC(=O)C(C)c1cn(C)c2ccccc12. The van der Waals surface area contributed by atoms with E-state index in [9.17, 15) is 4.79 Å². The number of hydrogen-bond donors (Lipinski definition) is 2. The Balaban J connectivity index is 2.45. The molecule has 1 aromatic carbocycles. The molecule has 0 fully saturated rings. The highest BCUT2D eigenvalue weighted by Gasteiger charge is 2.18. The molecule has 0 saturated heterocycles. The van der Waals surface area contributed by atoms with E-state index in [2.05, 4.69) is 16.9 Å². The van der Waals surface area contributed by atoms with E-state index in [0.29, 0.717) is 0 Å². The molecule has 2 rings (SSSR count). The lowest BCUT2D eigenvalue weighted by molar-refractivity contribution is -0.123. The monoisotopic (exact) mass is 231 g/mol. The quantitative estimate of drug-likeness (QED) is 0.787. The second-order valence-corrected chi connectivity index (χ2v) is 4.17. The molecular formula is C13H17N3O. The Bertz CT molecular complexity index is 545. The Hall–Kier alpha value is -1.81. The van der Waals surface area contributed by atoms with Crippen molar-refractivity contribution in [3.05, 3.63) is 36.0 Å². The minimum atomic E-state index is -0.173. The smallest absolute Gasteiger partial charge is 0.241 e. The molecule has 0 aliphatic carbocycles. The summed E-state index contributed by atoms with van der Waals surface area (Å²) in [4.78, 5) is 11.8. The molecule has 0 saturated carbocycles. The summed E-state index contributed by atoms with van der Waals surface area (Å²) in [6.07, 6.45) is 2.02. The molecule has 0 bridgehead atoms. The average Bonchev–Trinajstić information content (AvgIpc) is 2.67. The summed E-state index contributed by atoms with van der Waals surface area (Å²) in [6, 6.07) is 8.11. The molecule has 1 heterocycles. The predicted octanol–water partition coefficient (Wildman–Crippen LogP) is 1.53. The van der Waals surface area contributed by atoms with E-state index in [1.54, 1.807) is 7.05 Å². The first kappa shape index (κ1) is 11.7. The van der Waals surface area contributed by atoms with Crippen molar-refractivity contribution in [1.29, 1.82) is 0 Å². The molecule has 2 N–H and O–H groups in total. The number of para-hydroxylation sites is 1. The highest BCUT2D eigenvalue weighted by molar-refractivity contribution is 5.91. The molecule has 90 valence electrons. The van der Waals surface area contributed by atoms with Crippen molar-refractivity contribution in [2.75, 3.05) is 7.05 Å². The molecule has 4 nitrogen and oxygen atoms in total. The molecular weight excluding hydrogens is 214 g/mol. The number of amides is 1. The van der Waals surface area contributed by atoms with Gasteiger partial charge in [0.1, 0.15) is 0 Å². The Morgan fingerprint density at radius 1 is 1.35 bits per heavy atom. The zero-order valence-corrected chi connectivity index (χ0v) is 10.3. The van der Waals surface area contributed by atoms with Gasteiger partial charge in [0.25, 0.3) is 0 Å². The van der Waals surface area contributed by atoms with E-state index >= 15 is 0 Å². The van der Waals surface area contributed by atoms with Crippen LogP contribution in [0.4, 0.5) is 0 Å². The van der Waals surface area contributed by atoms with E-state index in [0.717, 1.165) is 16.5 Å². The van der Waals surface area contributed by atoms with Crippen molar-refractivity contribution in [3.63, 3.8) is 0 Å². The number of rotatable bonds is 3. The topological polar surface area (TPSA) is 46.1 Å². The Morgan fingerprint density at radius 3 is 2.76 bits per heavy atom. The van der Waals surface area contributed by atoms with E-state index in [1.165, 1.54) is 0 Å². The standard InChI is InChI=1S/C13H17N3O/c1-9(13(17)15-14-2)11-8-16(3)12-7-5-4-6-10(11)12/h4-9,14H,1-3H3,(H,15,17). The van der Waals surface area contributed by atoms with E-state index in [1.807, 2.05) is 42.9 Å². The number of carbonyl (C=O) groups excluding carboxylic acids is 1. The number of carbonyl (C=O) groups is 1. The van der Waals surface area contributed by atoms with Crippen molar-refractivity contribution >= 4 is 16.8 Å². The van der Waals surface area contributed by atoms with E-state index < -0.39 is 0 Å². The van der Waals surface area contributed by atoms with Crippen LogP contribution in [0.3, 0.4) is 0 Å². The van der Waals surface area contributed by atoms with Crippen LogP contribution < -0.4 is 10.9 Å². The number of nitrogens with zero attached hydrogens (tertiary/aromatic N) is 1. The van der Waals surface area contributed by atoms with Crippen LogP contribution in [0.5, 0.6) is 0 Å². The van der Waals surface area contributed by atoms with Crippen molar-refractivity contribution in [3.8, 4) is 0 Å². The number of fused-ring (bicyclic) bond motifs is 1. The zero-order chi connectivity index (χ0) is 12.4. The summed E-state index contributed by atoms with van der Waals surface area (Å²) in [7, 11) is 3.68. The van der Waals surface area contributed by atoms with Crippen molar-refractivity contribution in [2.45, 2.75) is 12.8 Å². The first-order chi connectivity index (χ1) is 8.15. The average molecular weight is 231 g/mol. The first-order valence-electron chi connectivity index (χ1n) is 5.65. The van der Waals surface area contributed by atoms with Gasteiger partial charge in [0.15, 0.2) is 0 Å². The van der Waals surface area contributed by atoms with Gasteiger partial charge in [-0.2, -0.15) is 0 Å². The maximum atomic E-state index is 11.8. The van der Waals surface area contributed by atoms with Crippen LogP contribution >= 0.6 is 0 Å². The molecule has 17 heavy (non-hydrogen) atoms. The van der Waals surface area contributed by atoms with Crippen LogP contribution in [0.1, 0.15) is 18.4 Å². The van der Waals surface area contributed by atoms with Crippen LogP contribution in [0.25, 0.3) is 10.9 Å². The van der Waals surface area contributed by atoms with E-state index in [4.69, 9.17) is 0 Å². The highest BCUT2D eigenvalue weighted by Crippen LogP contribution is 2.26. The predicted molar refractivity (Wildman–Crippen MR) is 68.5 cm³/mol. The van der Waals surface area contributed by atoms with Crippen molar-refractivity contribution in [1.82, 2.24) is 15.4 Å². The molecule has 0 aliphatic heterocycles. The summed E-state index contributed by atoms with van der Waals surface area (Å²) < 4.78 is 2.05. The van der Waals surface area contributed by atoms with Crippen molar-refractivity contribution < 1.29 is 4.79 Å². The molecule has 4 heteroatoms. The van der Waals surface area contributed by atoms with Crippen LogP contribution in [-0.4, -0.2) is 17.5 Å². The van der Waals surface area contributed by atoms with Gasteiger partial charge in [-0.05, 0) is 18.6 Å². The summed E-state index contributed by atoms with van der Waals surface area (Å²) in [5.41, 5.74) is 7.48. The number of benzene rings is 1. The lowest BCUT2D eigenvalue weighted by Gasteiger charge is -2.10. The molecule has 2 aromatic rings. The second kappa shape index (κ2) is 4.59. The lowest BCUT2D eigenvalue weighted by Crippen LogP contribution is -2.37. The number of hydrazine groups is 1. The second-order valence-electron chi connectivity index (χ2n) is 4.17. The Kier molecular flexibility index (Phi) is 3.15. The van der Waals surface area contributed by atoms with Crippen molar-refractivity contribution in [2.24, 2.45) is 7.05 Å². The summed E-state index contributed by atoms with van der Waals surface area (Å²) in [6.45, 7) is 1.91. The summed E-state index contributed by atoms with van der Waals surface area (Å²) in [5.74, 6) is -0.197. The number of hydrogen-bond acceptors (Lipinski definition) is 2. The van der Waals surface area contributed by atoms with Gasteiger partial charge in [0.2, 0.25) is 5.91 Å². The van der Waals surface area contributed by atoms with Gasteiger partial charge in [-0.25, -0.2) is 5.43 Å². The minimum absolute atomic E-state index is 0.0242. The molecule has 1 atom stereocenters. The third kappa shape index (κ3) is 2.03. The molecule has 0 spiro atoms. The molecule has 1 aromatic heterocycles. The normalized spacial score (nSPS) is 12.6.